The van der Waals surface area contributed by atoms with Crippen molar-refractivity contribution in [3.63, 3.8) is 0 Å². The number of ether oxygens (including phenoxy) is 1. The Kier molecular flexibility index (Phi) is 4.88. The molecule has 0 unspecified atom stereocenters. The molecule has 0 aromatic carbocycles. The van der Waals surface area contributed by atoms with Crippen LogP contribution in [0.1, 0.15) is 32.6 Å². The van der Waals surface area contributed by atoms with Crippen molar-refractivity contribution in [3.8, 4) is 0 Å². The molecule has 0 spiro atoms. The number of ketones is 1. The minimum Gasteiger partial charge on any atom is -0.511 e. The lowest BCUT2D eigenvalue weighted by atomic mass is 9.99. The standard InChI is InChI=1S/C12H17NO5/c1-7-6-9(15)11(12(17)18-7)8(14)4-3-5-10(16)13-2/h7,14H,3-6H2,1-2H3,(H,13,16)/b11-8+/t7-/m1/s1. The summed E-state index contributed by atoms with van der Waals surface area (Å²) >= 11 is 0. The van der Waals surface area contributed by atoms with Gasteiger partial charge in [0.2, 0.25) is 5.91 Å². The Morgan fingerprint density at radius 1 is 1.44 bits per heavy atom. The van der Waals surface area contributed by atoms with E-state index in [-0.39, 0.29) is 36.5 Å². The predicted octanol–water partition coefficient (Wildman–Crippen LogP) is 0.619. The number of aliphatic hydroxyl groups is 1. The topological polar surface area (TPSA) is 92.7 Å². The molecule has 1 saturated heterocycles. The van der Waals surface area contributed by atoms with Crippen LogP contribution >= 0.6 is 0 Å². The number of hydrogen-bond acceptors (Lipinski definition) is 5. The van der Waals surface area contributed by atoms with Crippen molar-refractivity contribution in [1.29, 1.82) is 0 Å². The van der Waals surface area contributed by atoms with Crippen molar-refractivity contribution in [2.24, 2.45) is 0 Å². The van der Waals surface area contributed by atoms with Gasteiger partial charge >= 0.3 is 5.97 Å². The molecule has 0 bridgehead atoms. The van der Waals surface area contributed by atoms with Gasteiger partial charge in [0, 0.05) is 26.3 Å². The van der Waals surface area contributed by atoms with E-state index in [0.717, 1.165) is 0 Å². The summed E-state index contributed by atoms with van der Waals surface area (Å²) in [6.45, 7) is 1.62. The van der Waals surface area contributed by atoms with E-state index < -0.39 is 17.9 Å². The van der Waals surface area contributed by atoms with E-state index in [2.05, 4.69) is 5.32 Å². The summed E-state index contributed by atoms with van der Waals surface area (Å²) in [7, 11) is 1.52. The Hall–Kier alpha value is -1.85. The summed E-state index contributed by atoms with van der Waals surface area (Å²) < 4.78 is 4.88. The van der Waals surface area contributed by atoms with Crippen LogP contribution in [0.15, 0.2) is 11.3 Å². The van der Waals surface area contributed by atoms with Crippen LogP contribution in [0.25, 0.3) is 0 Å². The normalized spacial score (nSPS) is 22.4. The minimum atomic E-state index is -0.781. The first-order valence-corrected chi connectivity index (χ1v) is 5.82. The molecular formula is C12H17NO5. The fourth-order valence-electron chi connectivity index (χ4n) is 1.71. The van der Waals surface area contributed by atoms with Gasteiger partial charge in [0.25, 0.3) is 0 Å². The lowest BCUT2D eigenvalue weighted by Crippen LogP contribution is -2.31. The van der Waals surface area contributed by atoms with E-state index in [4.69, 9.17) is 4.74 Å². The van der Waals surface area contributed by atoms with Gasteiger partial charge in [0.1, 0.15) is 17.4 Å². The molecule has 1 heterocycles. The highest BCUT2D eigenvalue weighted by Gasteiger charge is 2.32. The molecule has 18 heavy (non-hydrogen) atoms. The summed E-state index contributed by atoms with van der Waals surface area (Å²) in [6, 6.07) is 0. The summed E-state index contributed by atoms with van der Waals surface area (Å²) in [5.41, 5.74) is -0.273. The van der Waals surface area contributed by atoms with Gasteiger partial charge in [-0.25, -0.2) is 4.79 Å². The van der Waals surface area contributed by atoms with Gasteiger partial charge in [-0.1, -0.05) is 0 Å². The van der Waals surface area contributed by atoms with E-state index in [1.54, 1.807) is 6.92 Å². The molecule has 100 valence electrons. The number of rotatable bonds is 4. The Bertz CT molecular complexity index is 379. The zero-order valence-electron chi connectivity index (χ0n) is 10.5. The van der Waals surface area contributed by atoms with Crippen molar-refractivity contribution < 1.29 is 24.2 Å². The molecule has 2 N–H and O–H groups in total. The van der Waals surface area contributed by atoms with Gasteiger partial charge in [-0.15, -0.1) is 0 Å². The van der Waals surface area contributed by atoms with Crippen LogP contribution in [0.5, 0.6) is 0 Å². The van der Waals surface area contributed by atoms with Crippen molar-refractivity contribution in [2.75, 3.05) is 7.05 Å². The third-order valence-corrected chi connectivity index (χ3v) is 2.65. The van der Waals surface area contributed by atoms with Gasteiger partial charge in [-0.2, -0.15) is 0 Å². The fraction of sp³-hybridized carbons (Fsp3) is 0.583. The maximum Gasteiger partial charge on any atom is 0.345 e. The smallest absolute Gasteiger partial charge is 0.345 e. The highest BCUT2D eigenvalue weighted by molar-refractivity contribution is 6.19. The maximum absolute atomic E-state index is 11.6. The number of carbonyl (C=O) groups is 3. The average molecular weight is 255 g/mol. The molecule has 1 aliphatic heterocycles. The summed E-state index contributed by atoms with van der Waals surface area (Å²) in [4.78, 5) is 34.1. The monoisotopic (exact) mass is 255 g/mol. The van der Waals surface area contributed by atoms with Crippen molar-refractivity contribution in [2.45, 2.75) is 38.7 Å². The number of Topliss-reactive ketones (excluding diaryl/α,β-unsaturated/α-hetero) is 1. The number of cyclic esters (lactones) is 1. The van der Waals surface area contributed by atoms with Crippen LogP contribution in [0.2, 0.25) is 0 Å². The number of nitrogens with one attached hydrogen (secondary N) is 1. The summed E-state index contributed by atoms with van der Waals surface area (Å²) in [5.74, 6) is -1.63. The van der Waals surface area contributed by atoms with Crippen LogP contribution in [-0.2, 0) is 19.1 Å². The lowest BCUT2D eigenvalue weighted by Gasteiger charge is -2.20. The van der Waals surface area contributed by atoms with E-state index in [1.165, 1.54) is 7.05 Å². The SMILES string of the molecule is CNC(=O)CCC/C(O)=C1/C(=O)C[C@@H](C)OC1=O. The number of hydrogen-bond donors (Lipinski definition) is 2. The summed E-state index contributed by atoms with van der Waals surface area (Å²) in [5, 5.41) is 12.2. The van der Waals surface area contributed by atoms with Crippen molar-refractivity contribution in [1.82, 2.24) is 5.32 Å². The second kappa shape index (κ2) is 6.18. The second-order valence-electron chi connectivity index (χ2n) is 4.19. The van der Waals surface area contributed by atoms with E-state index in [9.17, 15) is 19.5 Å². The zero-order valence-corrected chi connectivity index (χ0v) is 10.5. The van der Waals surface area contributed by atoms with Crippen LogP contribution in [0.4, 0.5) is 0 Å². The molecule has 0 aliphatic carbocycles. The fourth-order valence-corrected chi connectivity index (χ4v) is 1.71. The second-order valence-corrected chi connectivity index (χ2v) is 4.19. The number of esters is 1. The van der Waals surface area contributed by atoms with Gasteiger partial charge < -0.3 is 15.2 Å². The number of aliphatic hydroxyl groups excluding tert-OH is 1. The zero-order chi connectivity index (χ0) is 13.7. The van der Waals surface area contributed by atoms with E-state index in [0.29, 0.717) is 6.42 Å². The van der Waals surface area contributed by atoms with Crippen molar-refractivity contribution >= 4 is 17.7 Å². The molecule has 0 radical (unpaired) electrons. The molecule has 0 saturated carbocycles. The molecule has 0 aromatic heterocycles. The highest BCUT2D eigenvalue weighted by Crippen LogP contribution is 2.20. The first-order chi connectivity index (χ1) is 8.45. The molecule has 1 rings (SSSR count). The predicted molar refractivity (Wildman–Crippen MR) is 62.8 cm³/mol. The molecule has 1 amide bonds. The minimum absolute atomic E-state index is 0.0839. The van der Waals surface area contributed by atoms with Gasteiger partial charge in [-0.05, 0) is 13.3 Å². The molecule has 1 fully saturated rings. The van der Waals surface area contributed by atoms with Crippen LogP contribution in [-0.4, -0.2) is 35.9 Å². The van der Waals surface area contributed by atoms with Crippen LogP contribution < -0.4 is 5.32 Å². The largest absolute Gasteiger partial charge is 0.511 e. The Morgan fingerprint density at radius 3 is 2.67 bits per heavy atom. The first kappa shape index (κ1) is 14.2. The number of amides is 1. The molecular weight excluding hydrogens is 238 g/mol. The van der Waals surface area contributed by atoms with Crippen LogP contribution in [0.3, 0.4) is 0 Å². The third-order valence-electron chi connectivity index (χ3n) is 2.65. The molecule has 1 atom stereocenters. The lowest BCUT2D eigenvalue weighted by molar-refractivity contribution is -0.150. The molecule has 6 heteroatoms. The maximum atomic E-state index is 11.6. The van der Waals surface area contributed by atoms with Gasteiger partial charge in [0.15, 0.2) is 5.78 Å². The molecule has 6 nitrogen and oxygen atoms in total. The quantitative estimate of drug-likeness (QED) is 0.332. The van der Waals surface area contributed by atoms with Crippen molar-refractivity contribution in [3.05, 3.63) is 11.3 Å². The Labute approximate surface area is 105 Å². The molecule has 1 aliphatic rings. The van der Waals surface area contributed by atoms with E-state index in [1.807, 2.05) is 0 Å². The number of carbonyl (C=O) groups excluding carboxylic acids is 3. The highest BCUT2D eigenvalue weighted by atomic mass is 16.5. The van der Waals surface area contributed by atoms with Crippen LogP contribution in [0, 0.1) is 0 Å². The van der Waals surface area contributed by atoms with E-state index >= 15 is 0 Å². The first-order valence-electron chi connectivity index (χ1n) is 5.82. The molecule has 0 aromatic rings. The summed E-state index contributed by atoms with van der Waals surface area (Å²) in [6.07, 6.45) is 0.337. The Morgan fingerprint density at radius 2 is 2.11 bits per heavy atom. The average Bonchev–Trinajstić information content (AvgIpc) is 2.27. The number of allylic oxidation sites excluding steroid dienone is 1. The van der Waals surface area contributed by atoms with Gasteiger partial charge in [0.05, 0.1) is 0 Å². The Balaban J connectivity index is 2.64. The van der Waals surface area contributed by atoms with Gasteiger partial charge in [-0.3, -0.25) is 9.59 Å². The third kappa shape index (κ3) is 3.58.